The number of unbranched alkanes of at least 4 members (excludes halogenated alkanes) is 9. The van der Waals surface area contributed by atoms with E-state index < -0.39 is 11.8 Å². The summed E-state index contributed by atoms with van der Waals surface area (Å²) in [4.78, 5) is 19.6. The van der Waals surface area contributed by atoms with Gasteiger partial charge in [0.2, 0.25) is 11.8 Å². The van der Waals surface area contributed by atoms with Crippen LogP contribution in [-0.2, 0) is 9.59 Å². The maximum atomic E-state index is 9.82. The number of primary amides is 2. The molecule has 0 aromatic rings. The van der Waals surface area contributed by atoms with E-state index in [9.17, 15) is 9.59 Å². The molecule has 0 aliphatic rings. The fraction of sp³-hybridized carbons (Fsp3) is 0.700. The van der Waals surface area contributed by atoms with Crippen molar-refractivity contribution in [2.24, 2.45) is 11.5 Å². The fourth-order valence-electron chi connectivity index (χ4n) is 1.56. The first kappa shape index (κ1) is 27.3. The molecule has 4 nitrogen and oxygen atoms in total. The van der Waals surface area contributed by atoms with Crippen molar-refractivity contribution in [3.8, 4) is 0 Å². The number of rotatable bonds is 11. The second-order valence-corrected chi connectivity index (χ2v) is 6.12. The molecule has 0 radical (unpaired) electrons. The minimum Gasteiger partial charge on any atom is -0.366 e. The highest BCUT2D eigenvalue weighted by Gasteiger charge is 1.90. The summed E-state index contributed by atoms with van der Waals surface area (Å²) in [5, 5.41) is 0. The molecule has 0 heterocycles. The van der Waals surface area contributed by atoms with Crippen LogP contribution < -0.4 is 11.5 Å². The van der Waals surface area contributed by atoms with Crippen molar-refractivity contribution in [3.63, 3.8) is 0 Å². The van der Waals surface area contributed by atoms with E-state index in [1.807, 2.05) is 0 Å². The topological polar surface area (TPSA) is 86.2 Å². The number of carbonyl (C=O) groups excluding carboxylic acids is 2. The van der Waals surface area contributed by atoms with Crippen molar-refractivity contribution in [2.75, 3.05) is 0 Å². The molecule has 24 heavy (non-hydrogen) atoms. The predicted molar refractivity (Wildman–Crippen MR) is 106 cm³/mol. The van der Waals surface area contributed by atoms with Crippen molar-refractivity contribution in [2.45, 2.75) is 91.9 Å². The molecule has 4 heteroatoms. The summed E-state index contributed by atoms with van der Waals surface area (Å²) >= 11 is 0. The number of hydrogen-bond acceptors (Lipinski definition) is 2. The first-order valence-electron chi connectivity index (χ1n) is 9.11. The lowest BCUT2D eigenvalue weighted by atomic mass is 10.1. The minimum atomic E-state index is -0.435. The lowest BCUT2D eigenvalue weighted by Crippen LogP contribution is -2.10. The molecule has 2 amide bonds. The number of nitrogens with two attached hydrogens (primary N) is 2. The zero-order chi connectivity index (χ0) is 19.4. The normalized spacial score (nSPS) is 9.00. The Hall–Kier alpha value is -1.58. The average Bonchev–Trinajstić information content (AvgIpc) is 2.51. The molecule has 0 saturated heterocycles. The van der Waals surface area contributed by atoms with Gasteiger partial charge in [-0.1, -0.05) is 91.2 Å². The summed E-state index contributed by atoms with van der Waals surface area (Å²) in [6.45, 7) is 14.3. The molecule has 0 bridgehead atoms. The van der Waals surface area contributed by atoms with Gasteiger partial charge in [0.15, 0.2) is 0 Å². The highest BCUT2D eigenvalue weighted by Crippen LogP contribution is 2.09. The monoisotopic (exact) mass is 340 g/mol. The average molecular weight is 341 g/mol. The molecule has 0 aliphatic heterocycles. The Morgan fingerprint density at radius 1 is 0.625 bits per heavy atom. The van der Waals surface area contributed by atoms with Crippen LogP contribution in [0.5, 0.6) is 0 Å². The molecule has 0 atom stereocenters. The van der Waals surface area contributed by atoms with Gasteiger partial charge in [-0.3, -0.25) is 9.59 Å². The summed E-state index contributed by atoms with van der Waals surface area (Å²) in [5.41, 5.74) is 10.2. The Morgan fingerprint density at radius 2 is 0.792 bits per heavy atom. The van der Waals surface area contributed by atoms with Gasteiger partial charge in [0, 0.05) is 11.1 Å². The molecule has 0 fully saturated rings. The molecule has 0 saturated carbocycles. The van der Waals surface area contributed by atoms with Gasteiger partial charge in [-0.2, -0.15) is 0 Å². The Bertz CT molecular complexity index is 292. The highest BCUT2D eigenvalue weighted by atomic mass is 16.1. The van der Waals surface area contributed by atoms with Crippen LogP contribution in [0, 0.1) is 0 Å². The van der Waals surface area contributed by atoms with E-state index in [-0.39, 0.29) is 0 Å². The summed E-state index contributed by atoms with van der Waals surface area (Å²) in [6, 6.07) is 0. The molecule has 0 spiro atoms. The lowest BCUT2D eigenvalue weighted by molar-refractivity contribution is -0.115. The van der Waals surface area contributed by atoms with E-state index in [0.717, 1.165) is 0 Å². The van der Waals surface area contributed by atoms with E-state index in [4.69, 9.17) is 11.5 Å². The van der Waals surface area contributed by atoms with Crippen LogP contribution in [0.15, 0.2) is 24.3 Å². The Labute approximate surface area is 149 Å². The van der Waals surface area contributed by atoms with Gasteiger partial charge in [-0.15, -0.1) is 0 Å². The molecular formula is C20H40N2O2. The van der Waals surface area contributed by atoms with E-state index in [1.54, 1.807) is 13.8 Å². The maximum Gasteiger partial charge on any atom is 0.243 e. The first-order valence-corrected chi connectivity index (χ1v) is 9.11. The van der Waals surface area contributed by atoms with Gasteiger partial charge < -0.3 is 11.5 Å². The third-order valence-electron chi connectivity index (χ3n) is 3.30. The summed E-state index contributed by atoms with van der Waals surface area (Å²) in [7, 11) is 0. The van der Waals surface area contributed by atoms with Gasteiger partial charge in [0.25, 0.3) is 0 Å². The van der Waals surface area contributed by atoms with Gasteiger partial charge in [0.05, 0.1) is 0 Å². The number of hydrogen-bond donors (Lipinski definition) is 2. The Morgan fingerprint density at radius 3 is 0.917 bits per heavy atom. The third kappa shape index (κ3) is 32.4. The van der Waals surface area contributed by atoms with Gasteiger partial charge in [0.1, 0.15) is 0 Å². The summed E-state index contributed by atoms with van der Waals surface area (Å²) in [6.07, 6.45) is 14.4. The molecule has 0 aliphatic carbocycles. The number of carbonyl (C=O) groups is 2. The Balaban J connectivity index is -0.000000309. The number of amides is 2. The Kier molecular flexibility index (Phi) is 24.3. The zero-order valence-electron chi connectivity index (χ0n) is 16.5. The quantitative estimate of drug-likeness (QED) is 0.408. The predicted octanol–water partition coefficient (Wildman–Crippen LogP) is 5.02. The highest BCUT2D eigenvalue weighted by molar-refractivity contribution is 5.90. The van der Waals surface area contributed by atoms with Crippen LogP contribution in [0.2, 0.25) is 0 Å². The minimum absolute atomic E-state index is 0.398. The fourth-order valence-corrected chi connectivity index (χ4v) is 1.56. The van der Waals surface area contributed by atoms with Gasteiger partial charge >= 0.3 is 0 Å². The van der Waals surface area contributed by atoms with E-state index in [2.05, 4.69) is 27.0 Å². The molecule has 0 aromatic carbocycles. The smallest absolute Gasteiger partial charge is 0.243 e. The van der Waals surface area contributed by atoms with Crippen molar-refractivity contribution in [1.29, 1.82) is 0 Å². The largest absolute Gasteiger partial charge is 0.366 e. The van der Waals surface area contributed by atoms with Crippen molar-refractivity contribution < 1.29 is 9.59 Å². The van der Waals surface area contributed by atoms with Crippen LogP contribution in [0.3, 0.4) is 0 Å². The van der Waals surface area contributed by atoms with Crippen LogP contribution >= 0.6 is 0 Å². The van der Waals surface area contributed by atoms with Gasteiger partial charge in [-0.25, -0.2) is 0 Å². The standard InChI is InChI=1S/C12H26.2C4H7NO/c1-3-5-7-9-11-12-10-8-6-4-2;2*1-3(2)4(5)6/h3-12H2,1-2H3;2*1H2,2H3,(H2,5,6). The lowest BCUT2D eigenvalue weighted by Gasteiger charge is -1.99. The zero-order valence-corrected chi connectivity index (χ0v) is 16.5. The molecular weight excluding hydrogens is 300 g/mol. The molecule has 0 unspecified atom stereocenters. The van der Waals surface area contributed by atoms with E-state index in [1.165, 1.54) is 64.2 Å². The first-order chi connectivity index (χ1) is 11.2. The molecule has 4 N–H and O–H groups in total. The van der Waals surface area contributed by atoms with Crippen LogP contribution in [-0.4, -0.2) is 11.8 Å². The SMILES string of the molecule is C=C(C)C(N)=O.C=C(C)C(N)=O.CCCCCCCCCCCC. The second kappa shape index (κ2) is 21.4. The van der Waals surface area contributed by atoms with Crippen LogP contribution in [0.1, 0.15) is 91.9 Å². The van der Waals surface area contributed by atoms with Crippen LogP contribution in [0.25, 0.3) is 0 Å². The van der Waals surface area contributed by atoms with Crippen molar-refractivity contribution in [3.05, 3.63) is 24.3 Å². The molecule has 0 rings (SSSR count). The van der Waals surface area contributed by atoms with E-state index >= 15 is 0 Å². The van der Waals surface area contributed by atoms with Crippen molar-refractivity contribution >= 4 is 11.8 Å². The maximum absolute atomic E-state index is 9.82. The van der Waals surface area contributed by atoms with Crippen LogP contribution in [0.4, 0.5) is 0 Å². The second-order valence-electron chi connectivity index (χ2n) is 6.12. The summed E-state index contributed by atoms with van der Waals surface area (Å²) in [5.74, 6) is -0.870. The molecule has 142 valence electrons. The molecule has 0 aromatic heterocycles. The van der Waals surface area contributed by atoms with Gasteiger partial charge in [-0.05, 0) is 13.8 Å². The van der Waals surface area contributed by atoms with Crippen molar-refractivity contribution in [1.82, 2.24) is 0 Å². The van der Waals surface area contributed by atoms with E-state index in [0.29, 0.717) is 11.1 Å². The summed E-state index contributed by atoms with van der Waals surface area (Å²) < 4.78 is 0. The third-order valence-corrected chi connectivity index (χ3v) is 3.30.